The molecule has 2 rings (SSSR count). The molecule has 0 aliphatic carbocycles. The number of hydrogen-bond acceptors (Lipinski definition) is 6. The minimum absolute atomic E-state index is 0.00782. The van der Waals surface area contributed by atoms with Gasteiger partial charge in [-0.05, 0) is 35.9 Å². The number of furan rings is 1. The fraction of sp³-hybridized carbons (Fsp3) is 0.188. The van der Waals surface area contributed by atoms with E-state index >= 15 is 0 Å². The average Bonchev–Trinajstić information content (AvgIpc) is 3.13. The molecule has 0 atom stereocenters. The molecule has 0 saturated carbocycles. The van der Waals surface area contributed by atoms with Crippen LogP contribution in [-0.2, 0) is 11.3 Å². The second-order valence-corrected chi connectivity index (χ2v) is 4.84. The first-order valence-electron chi connectivity index (χ1n) is 7.31. The molecule has 0 spiro atoms. The maximum absolute atomic E-state index is 11.6. The van der Waals surface area contributed by atoms with Crippen LogP contribution in [0.25, 0.3) is 0 Å². The quantitative estimate of drug-likeness (QED) is 0.439. The van der Waals surface area contributed by atoms with Crippen LogP contribution < -0.4 is 20.8 Å². The van der Waals surface area contributed by atoms with Gasteiger partial charge in [-0.2, -0.15) is 5.10 Å². The molecular weight excluding hydrogens is 328 g/mol. The number of hydrogen-bond donors (Lipinski definition) is 4. The summed E-state index contributed by atoms with van der Waals surface area (Å²) < 4.78 is 10.0. The summed E-state index contributed by atoms with van der Waals surface area (Å²) in [5, 5.41) is 18.2. The molecule has 1 aromatic carbocycles. The molecule has 4 N–H and O–H groups in total. The molecule has 9 nitrogen and oxygen atoms in total. The van der Waals surface area contributed by atoms with E-state index < -0.39 is 11.9 Å². The van der Waals surface area contributed by atoms with Gasteiger partial charge in [0.05, 0.1) is 26.1 Å². The number of aromatic hydroxyl groups is 1. The number of phenols is 1. The highest BCUT2D eigenvalue weighted by molar-refractivity contribution is 5.86. The van der Waals surface area contributed by atoms with E-state index in [1.165, 1.54) is 25.7 Å². The maximum atomic E-state index is 11.6. The van der Waals surface area contributed by atoms with Gasteiger partial charge in [-0.25, -0.2) is 10.2 Å². The van der Waals surface area contributed by atoms with Crippen molar-refractivity contribution in [1.29, 1.82) is 0 Å². The predicted octanol–water partition coefficient (Wildman–Crippen LogP) is 0.943. The number of carbonyl (C=O) groups excluding carboxylic acids is 2. The predicted molar refractivity (Wildman–Crippen MR) is 89.3 cm³/mol. The van der Waals surface area contributed by atoms with Crippen molar-refractivity contribution in [2.24, 2.45) is 5.10 Å². The second kappa shape index (κ2) is 8.96. The summed E-state index contributed by atoms with van der Waals surface area (Å²) in [5.41, 5.74) is 2.90. The van der Waals surface area contributed by atoms with Crippen molar-refractivity contribution in [1.82, 2.24) is 16.1 Å². The van der Waals surface area contributed by atoms with Crippen molar-refractivity contribution in [2.75, 3.05) is 13.7 Å². The van der Waals surface area contributed by atoms with Gasteiger partial charge in [0.1, 0.15) is 12.3 Å². The third kappa shape index (κ3) is 5.90. The Bertz CT molecular complexity index is 743. The molecule has 9 heteroatoms. The van der Waals surface area contributed by atoms with Crippen molar-refractivity contribution in [3.8, 4) is 11.5 Å². The number of nitrogens with zero attached hydrogens (tertiary/aromatic N) is 1. The number of rotatable bonds is 7. The summed E-state index contributed by atoms with van der Waals surface area (Å²) in [6.45, 7) is -0.0124. The third-order valence-corrected chi connectivity index (χ3v) is 3.02. The summed E-state index contributed by atoms with van der Waals surface area (Å²) in [4.78, 5) is 23.1. The first-order chi connectivity index (χ1) is 12.1. The number of nitrogens with one attached hydrogen (secondary N) is 3. The Morgan fingerprint density at radius 2 is 2.16 bits per heavy atom. The van der Waals surface area contributed by atoms with Gasteiger partial charge in [0.15, 0.2) is 11.5 Å². The molecule has 1 heterocycles. The summed E-state index contributed by atoms with van der Waals surface area (Å²) in [6, 6.07) is 7.55. The molecule has 0 radical (unpaired) electrons. The Kier molecular flexibility index (Phi) is 6.40. The first-order valence-corrected chi connectivity index (χ1v) is 7.31. The Morgan fingerprint density at radius 1 is 1.32 bits per heavy atom. The van der Waals surface area contributed by atoms with Crippen molar-refractivity contribution in [3.05, 3.63) is 47.9 Å². The van der Waals surface area contributed by atoms with Gasteiger partial charge >= 0.3 is 6.03 Å². The minimum atomic E-state index is -0.501. The largest absolute Gasteiger partial charge is 0.504 e. The summed E-state index contributed by atoms with van der Waals surface area (Å²) >= 11 is 0. The molecule has 0 unspecified atom stereocenters. The highest BCUT2D eigenvalue weighted by Crippen LogP contribution is 2.25. The van der Waals surface area contributed by atoms with E-state index in [1.54, 1.807) is 24.3 Å². The van der Waals surface area contributed by atoms with Crippen LogP contribution in [0.4, 0.5) is 4.79 Å². The number of methoxy groups -OCH3 is 1. The van der Waals surface area contributed by atoms with Crippen LogP contribution in [-0.4, -0.2) is 36.9 Å². The van der Waals surface area contributed by atoms with E-state index in [-0.39, 0.29) is 18.8 Å². The normalized spacial score (nSPS) is 10.4. The van der Waals surface area contributed by atoms with Crippen molar-refractivity contribution >= 4 is 18.2 Å². The monoisotopic (exact) mass is 346 g/mol. The molecular formula is C16H18N4O5. The number of carbonyl (C=O) groups is 2. The molecule has 0 fully saturated rings. The lowest BCUT2D eigenvalue weighted by molar-refractivity contribution is -0.120. The van der Waals surface area contributed by atoms with E-state index in [0.29, 0.717) is 17.1 Å². The van der Waals surface area contributed by atoms with Crippen LogP contribution in [0.3, 0.4) is 0 Å². The van der Waals surface area contributed by atoms with Crippen LogP contribution in [0.1, 0.15) is 11.3 Å². The zero-order chi connectivity index (χ0) is 18.1. The highest BCUT2D eigenvalue weighted by atomic mass is 16.5. The van der Waals surface area contributed by atoms with Gasteiger partial charge in [-0.15, -0.1) is 0 Å². The Hall–Kier alpha value is -3.49. The van der Waals surface area contributed by atoms with Gasteiger partial charge in [-0.1, -0.05) is 0 Å². The molecule has 0 aliphatic heterocycles. The Morgan fingerprint density at radius 3 is 2.88 bits per heavy atom. The number of ether oxygens (including phenoxy) is 1. The summed E-state index contributed by atoms with van der Waals surface area (Å²) in [7, 11) is 1.43. The molecule has 0 saturated heterocycles. The molecule has 1 aromatic heterocycles. The standard InChI is InChI=1S/C16H18N4O5/c1-24-14-7-11(4-5-13(14)21)8-19-20-15(22)10-18-16(23)17-9-12-3-2-6-25-12/h2-8,21H,9-10H2,1H3,(H,20,22)(H2,17,18,23). The molecule has 2 aromatic rings. The third-order valence-electron chi connectivity index (χ3n) is 3.02. The molecule has 25 heavy (non-hydrogen) atoms. The van der Waals surface area contributed by atoms with Gasteiger partial charge in [0.25, 0.3) is 5.91 Å². The zero-order valence-electron chi connectivity index (χ0n) is 13.5. The topological polar surface area (TPSA) is 125 Å². The SMILES string of the molecule is COc1cc(C=NNC(=O)CNC(=O)NCc2ccco2)ccc1O. The summed E-state index contributed by atoms with van der Waals surface area (Å²) in [6.07, 6.45) is 2.89. The molecule has 0 bridgehead atoms. The molecule has 132 valence electrons. The molecule has 3 amide bonds. The van der Waals surface area contributed by atoms with Gasteiger partial charge in [-0.3, -0.25) is 4.79 Å². The lowest BCUT2D eigenvalue weighted by Crippen LogP contribution is -2.40. The van der Waals surface area contributed by atoms with E-state index in [4.69, 9.17) is 9.15 Å². The number of urea groups is 1. The van der Waals surface area contributed by atoms with Gasteiger partial charge < -0.3 is 24.9 Å². The van der Waals surface area contributed by atoms with Crippen LogP contribution in [0.2, 0.25) is 0 Å². The van der Waals surface area contributed by atoms with Crippen molar-refractivity contribution in [2.45, 2.75) is 6.54 Å². The highest BCUT2D eigenvalue weighted by Gasteiger charge is 2.05. The van der Waals surface area contributed by atoms with Crippen LogP contribution in [0.15, 0.2) is 46.1 Å². The fourth-order valence-electron chi connectivity index (χ4n) is 1.80. The minimum Gasteiger partial charge on any atom is -0.504 e. The summed E-state index contributed by atoms with van der Waals surface area (Å²) in [5.74, 6) is 0.419. The second-order valence-electron chi connectivity index (χ2n) is 4.84. The lowest BCUT2D eigenvalue weighted by Gasteiger charge is -2.05. The smallest absolute Gasteiger partial charge is 0.315 e. The Labute approximate surface area is 143 Å². The van der Waals surface area contributed by atoms with Gasteiger partial charge in [0.2, 0.25) is 0 Å². The van der Waals surface area contributed by atoms with E-state index in [1.807, 2.05) is 0 Å². The van der Waals surface area contributed by atoms with E-state index in [9.17, 15) is 14.7 Å². The van der Waals surface area contributed by atoms with E-state index in [2.05, 4.69) is 21.2 Å². The van der Waals surface area contributed by atoms with Crippen LogP contribution >= 0.6 is 0 Å². The molecule has 0 aliphatic rings. The zero-order valence-corrected chi connectivity index (χ0v) is 13.5. The van der Waals surface area contributed by atoms with Crippen molar-refractivity contribution < 1.29 is 23.8 Å². The lowest BCUT2D eigenvalue weighted by atomic mass is 10.2. The van der Waals surface area contributed by atoms with E-state index in [0.717, 1.165) is 0 Å². The Balaban J connectivity index is 1.70. The van der Waals surface area contributed by atoms with Crippen LogP contribution in [0.5, 0.6) is 11.5 Å². The number of phenolic OH excluding ortho intramolecular Hbond substituents is 1. The van der Waals surface area contributed by atoms with Gasteiger partial charge in [0, 0.05) is 0 Å². The number of benzene rings is 1. The average molecular weight is 346 g/mol. The van der Waals surface area contributed by atoms with Crippen molar-refractivity contribution in [3.63, 3.8) is 0 Å². The number of hydrazone groups is 1. The number of amides is 3. The fourth-order valence-corrected chi connectivity index (χ4v) is 1.80. The first kappa shape index (κ1) is 17.9. The van der Waals surface area contributed by atoms with Crippen LogP contribution in [0, 0.1) is 0 Å². The maximum Gasteiger partial charge on any atom is 0.315 e.